The van der Waals surface area contributed by atoms with Gasteiger partial charge in [-0.2, -0.15) is 5.09 Å². The number of rotatable bonds is 10. The van der Waals surface area contributed by atoms with Crippen LogP contribution in [0.15, 0.2) is 52.2 Å². The van der Waals surface area contributed by atoms with Gasteiger partial charge >= 0.3 is 19.4 Å². The molecule has 12 nitrogen and oxygen atoms in total. The molecule has 1 fully saturated rings. The summed E-state index contributed by atoms with van der Waals surface area (Å²) in [5, 5.41) is 13.0. The molecule has 2 heterocycles. The lowest BCUT2D eigenvalue weighted by Gasteiger charge is -2.25. The van der Waals surface area contributed by atoms with Crippen molar-refractivity contribution in [1.29, 1.82) is 0 Å². The summed E-state index contributed by atoms with van der Waals surface area (Å²) in [7, 11) is -4.30. The van der Waals surface area contributed by atoms with Gasteiger partial charge in [0.25, 0.3) is 5.56 Å². The summed E-state index contributed by atoms with van der Waals surface area (Å²) in [6.45, 7) is 5.07. The average molecular weight is 529 g/mol. The molecule has 3 rings (SSSR count). The zero-order valence-electron chi connectivity index (χ0n) is 20.1. The number of alkyl halides is 1. The number of benzene rings is 1. The molecule has 0 spiro atoms. The van der Waals surface area contributed by atoms with E-state index < -0.39 is 67.8 Å². The third-order valence-electron chi connectivity index (χ3n) is 5.26. The molecule has 198 valence electrons. The first-order valence-electron chi connectivity index (χ1n) is 11.1. The third kappa shape index (κ3) is 6.48. The Morgan fingerprint density at radius 3 is 2.56 bits per heavy atom. The van der Waals surface area contributed by atoms with E-state index in [4.69, 9.17) is 18.5 Å². The first-order chi connectivity index (χ1) is 16.8. The number of carbonyl (C=O) groups excluding carboxylic acids is 1. The fourth-order valence-corrected chi connectivity index (χ4v) is 4.97. The van der Waals surface area contributed by atoms with Crippen LogP contribution in [0.2, 0.25) is 0 Å². The lowest BCUT2D eigenvalue weighted by atomic mass is 9.98. The number of para-hydroxylation sites is 1. The number of nitrogens with zero attached hydrogens (tertiary/aromatic N) is 1. The number of aliphatic hydroxyl groups excluding tert-OH is 1. The monoisotopic (exact) mass is 529 g/mol. The minimum Gasteiger partial charge on any atom is -0.462 e. The highest BCUT2D eigenvalue weighted by atomic mass is 31.2. The molecule has 1 aromatic carbocycles. The lowest BCUT2D eigenvalue weighted by Crippen LogP contribution is -2.43. The maximum atomic E-state index is 15.4. The molecule has 1 unspecified atom stereocenters. The molecular weight excluding hydrogens is 500 g/mol. The number of hydrogen-bond acceptors (Lipinski definition) is 9. The van der Waals surface area contributed by atoms with Gasteiger partial charge in [-0.1, -0.05) is 18.2 Å². The smallest absolute Gasteiger partial charge is 0.459 e. The van der Waals surface area contributed by atoms with Crippen LogP contribution in [0.5, 0.6) is 5.75 Å². The number of halogens is 1. The molecule has 1 saturated heterocycles. The van der Waals surface area contributed by atoms with Gasteiger partial charge in [-0.05, 0) is 39.8 Å². The van der Waals surface area contributed by atoms with Gasteiger partial charge in [0.2, 0.25) is 0 Å². The van der Waals surface area contributed by atoms with Crippen molar-refractivity contribution in [3.63, 3.8) is 0 Å². The molecule has 0 saturated carbocycles. The fourth-order valence-electron chi connectivity index (χ4n) is 3.47. The Labute approximate surface area is 205 Å². The number of aliphatic hydroxyl groups is 1. The molecule has 3 N–H and O–H groups in total. The summed E-state index contributed by atoms with van der Waals surface area (Å²) in [5.41, 5.74) is -4.12. The van der Waals surface area contributed by atoms with Crippen LogP contribution in [0, 0.1) is 0 Å². The van der Waals surface area contributed by atoms with E-state index in [-0.39, 0.29) is 5.75 Å². The van der Waals surface area contributed by atoms with Gasteiger partial charge in [0, 0.05) is 12.3 Å². The molecule has 0 aliphatic carbocycles. The molecular formula is C22H29FN3O9P. The van der Waals surface area contributed by atoms with Crippen LogP contribution in [-0.2, 0) is 23.4 Å². The van der Waals surface area contributed by atoms with Crippen molar-refractivity contribution in [3.05, 3.63) is 63.4 Å². The number of H-pyrrole nitrogens is 1. The largest absolute Gasteiger partial charge is 0.462 e. The molecule has 0 bridgehead atoms. The Bertz CT molecular complexity index is 1220. The van der Waals surface area contributed by atoms with Gasteiger partial charge in [0.15, 0.2) is 11.9 Å². The number of nitrogens with one attached hydrogen (secondary N) is 2. The van der Waals surface area contributed by atoms with Crippen molar-refractivity contribution in [2.75, 3.05) is 6.61 Å². The first kappa shape index (κ1) is 27.8. The summed E-state index contributed by atoms with van der Waals surface area (Å²) in [5.74, 6) is -0.560. The predicted octanol–water partition coefficient (Wildman–Crippen LogP) is 1.66. The maximum absolute atomic E-state index is 15.4. The topological polar surface area (TPSA) is 158 Å². The second kappa shape index (κ2) is 11.1. The zero-order chi connectivity index (χ0) is 26.7. The van der Waals surface area contributed by atoms with E-state index in [1.807, 2.05) is 4.98 Å². The van der Waals surface area contributed by atoms with E-state index >= 15 is 4.39 Å². The van der Waals surface area contributed by atoms with Crippen molar-refractivity contribution < 1.29 is 37.4 Å². The molecule has 1 aliphatic rings. The summed E-state index contributed by atoms with van der Waals surface area (Å²) in [6, 6.07) is 7.86. The van der Waals surface area contributed by atoms with E-state index in [2.05, 4.69) is 5.09 Å². The highest BCUT2D eigenvalue weighted by Gasteiger charge is 2.55. The molecule has 1 aliphatic heterocycles. The lowest BCUT2D eigenvalue weighted by molar-refractivity contribution is -0.149. The third-order valence-corrected chi connectivity index (χ3v) is 6.90. The van der Waals surface area contributed by atoms with Crippen molar-refractivity contribution in [1.82, 2.24) is 14.6 Å². The van der Waals surface area contributed by atoms with Gasteiger partial charge in [-0.25, -0.2) is 13.8 Å². The molecule has 0 amide bonds. The van der Waals surface area contributed by atoms with Crippen LogP contribution in [0.25, 0.3) is 0 Å². The Balaban J connectivity index is 1.80. The highest BCUT2D eigenvalue weighted by molar-refractivity contribution is 7.52. The summed E-state index contributed by atoms with van der Waals surface area (Å²) in [6.07, 6.45) is -4.21. The Kier molecular flexibility index (Phi) is 8.52. The molecule has 36 heavy (non-hydrogen) atoms. The van der Waals surface area contributed by atoms with Gasteiger partial charge in [-0.15, -0.1) is 0 Å². The molecule has 1 aromatic heterocycles. The van der Waals surface area contributed by atoms with E-state index in [1.165, 1.54) is 19.1 Å². The van der Waals surface area contributed by atoms with Crippen LogP contribution in [0.3, 0.4) is 0 Å². The van der Waals surface area contributed by atoms with Crippen LogP contribution in [-0.4, -0.2) is 57.3 Å². The Morgan fingerprint density at radius 1 is 1.28 bits per heavy atom. The van der Waals surface area contributed by atoms with Gasteiger partial charge in [0.05, 0.1) is 12.7 Å². The van der Waals surface area contributed by atoms with Crippen LogP contribution >= 0.6 is 7.75 Å². The van der Waals surface area contributed by atoms with Crippen molar-refractivity contribution >= 4 is 13.7 Å². The second-order valence-corrected chi connectivity index (χ2v) is 10.4. The number of carbonyl (C=O) groups is 1. The minimum absolute atomic E-state index is 0.152. The normalized spacial score (nSPS) is 26.4. The zero-order valence-corrected chi connectivity index (χ0v) is 21.0. The summed E-state index contributed by atoms with van der Waals surface area (Å²) >= 11 is 0. The number of esters is 1. The van der Waals surface area contributed by atoms with Crippen LogP contribution in [0.1, 0.15) is 33.9 Å². The van der Waals surface area contributed by atoms with E-state index in [9.17, 15) is 24.1 Å². The number of hydrogen-bond donors (Lipinski definition) is 3. The number of ether oxygens (including phenoxy) is 2. The van der Waals surface area contributed by atoms with E-state index in [1.54, 1.807) is 32.0 Å². The predicted molar refractivity (Wildman–Crippen MR) is 125 cm³/mol. The first-order valence-corrected chi connectivity index (χ1v) is 12.7. The quantitative estimate of drug-likeness (QED) is 0.305. The van der Waals surface area contributed by atoms with Gasteiger partial charge < -0.3 is 19.1 Å². The molecule has 0 radical (unpaired) electrons. The van der Waals surface area contributed by atoms with Crippen LogP contribution in [0.4, 0.5) is 4.39 Å². The second-order valence-electron chi connectivity index (χ2n) is 8.67. The number of aromatic nitrogens is 2. The SMILES string of the molecule is CC(C)OC(=O)[C@H](C)NP(=O)(OC[C@@H]1O[C@H](n2ccc(=O)[nH]c2=O)[C@](C)(F)[C@@H]1O)Oc1ccccc1. The van der Waals surface area contributed by atoms with Crippen molar-refractivity contribution in [2.45, 2.75) is 63.9 Å². The number of aromatic amines is 1. The standard InChI is InChI=1S/C22H29FN3O9P/c1-13(2)33-19(29)14(3)25-36(31,35-15-8-6-5-7-9-15)32-12-16-18(28)22(4,23)20(34-16)26-11-10-17(27)24-21(26)30/h5-11,13-14,16,18,20,28H,12H2,1-4H3,(H,25,31)(H,24,27,30)/t14-,16-,18+,20-,22+,36?/m0/s1. The summed E-state index contributed by atoms with van der Waals surface area (Å²) < 4.78 is 51.4. The molecule has 14 heteroatoms. The van der Waals surface area contributed by atoms with E-state index in [0.717, 1.165) is 23.8 Å². The Hall–Kier alpha value is -2.83. The van der Waals surface area contributed by atoms with E-state index in [0.29, 0.717) is 0 Å². The van der Waals surface area contributed by atoms with Crippen LogP contribution < -0.4 is 20.9 Å². The maximum Gasteiger partial charge on any atom is 0.459 e. The molecule has 6 atom stereocenters. The van der Waals surface area contributed by atoms with Crippen molar-refractivity contribution in [3.8, 4) is 5.75 Å². The highest BCUT2D eigenvalue weighted by Crippen LogP contribution is 2.47. The Morgan fingerprint density at radius 2 is 1.94 bits per heavy atom. The molecule has 2 aromatic rings. The van der Waals surface area contributed by atoms with Crippen molar-refractivity contribution in [2.24, 2.45) is 0 Å². The minimum atomic E-state index is -4.30. The average Bonchev–Trinajstić information content (AvgIpc) is 3.01. The van der Waals surface area contributed by atoms with Gasteiger partial charge in [-0.3, -0.25) is 23.7 Å². The van der Waals surface area contributed by atoms with Gasteiger partial charge in [0.1, 0.15) is 24.0 Å². The fraction of sp³-hybridized carbons (Fsp3) is 0.500. The summed E-state index contributed by atoms with van der Waals surface area (Å²) in [4.78, 5) is 37.7.